The predicted molar refractivity (Wildman–Crippen MR) is 262 cm³/mol. The van der Waals surface area contributed by atoms with Crippen LogP contribution in [0, 0.1) is 35.5 Å². The summed E-state index contributed by atoms with van der Waals surface area (Å²) in [4.78, 5) is 3.12. The highest BCUT2D eigenvalue weighted by Gasteiger charge is 2.34. The van der Waals surface area contributed by atoms with Crippen molar-refractivity contribution in [2.24, 2.45) is 0 Å². The quantitative estimate of drug-likeness (QED) is 0.135. The third-order valence-electron chi connectivity index (χ3n) is 10.4. The summed E-state index contributed by atoms with van der Waals surface area (Å²) in [6, 6.07) is 22.2. The summed E-state index contributed by atoms with van der Waals surface area (Å²) in [6.45, 7) is -0.427. The zero-order chi connectivity index (χ0) is 49.0. The van der Waals surface area contributed by atoms with E-state index in [9.17, 15) is 40.6 Å². The summed E-state index contributed by atoms with van der Waals surface area (Å²) < 4.78 is 112. The lowest BCUT2D eigenvalue weighted by Crippen LogP contribution is -2.17. The number of hydrogen-bond acceptors (Lipinski definition) is 19. The summed E-state index contributed by atoms with van der Waals surface area (Å²) >= 11 is 2.80. The molecule has 0 spiro atoms. The Balaban J connectivity index is 1.04. The number of aliphatic hydroxyl groups excluding tert-OH is 3. The highest BCUT2D eigenvalue weighted by atomic mass is 32.2. The van der Waals surface area contributed by atoms with Crippen LogP contribution in [0.2, 0.25) is 0 Å². The molecule has 22 heteroatoms. The van der Waals surface area contributed by atoms with Crippen molar-refractivity contribution in [1.82, 2.24) is 0 Å². The first-order valence-electron chi connectivity index (χ1n) is 21.2. The zero-order valence-electron chi connectivity index (χ0n) is 36.6. The SMILES string of the molecule is O=S(=O)(CCO)c1sc(C#Cc2ccc(N(c3ccc(C#Cc4sc(S(=O)(=O)CCO)c5c4OCCO5)cc3)c3ccc(C#Cc4sc(S(=O)(=O)CCO)c5c4OCCO5)cc3)cc2)c2c1OCCO2. The third-order valence-corrected chi connectivity index (χ3v) is 20.4. The van der Waals surface area contributed by atoms with Gasteiger partial charge >= 0.3 is 0 Å². The molecule has 3 N–H and O–H groups in total. The first kappa shape index (κ1) is 48.8. The Morgan fingerprint density at radius 3 is 0.871 bits per heavy atom. The molecule has 0 amide bonds. The topological polar surface area (TPSA) is 222 Å². The van der Waals surface area contributed by atoms with E-state index >= 15 is 0 Å². The van der Waals surface area contributed by atoms with Crippen LogP contribution in [0.25, 0.3) is 0 Å². The van der Waals surface area contributed by atoms with Gasteiger partial charge in [-0.2, -0.15) is 0 Å². The first-order valence-corrected chi connectivity index (χ1v) is 28.6. The zero-order valence-corrected chi connectivity index (χ0v) is 41.4. The molecule has 70 heavy (non-hydrogen) atoms. The molecule has 0 atom stereocenters. The molecule has 0 saturated carbocycles. The largest absolute Gasteiger partial charge is 0.484 e. The number of ether oxygens (including phenoxy) is 6. The van der Waals surface area contributed by atoms with Crippen LogP contribution in [0.1, 0.15) is 31.3 Å². The fraction of sp³-hybridized carbons (Fsp3) is 0.250. The van der Waals surface area contributed by atoms with Crippen LogP contribution in [-0.4, -0.2) is 117 Å². The van der Waals surface area contributed by atoms with Crippen LogP contribution in [0.5, 0.6) is 34.5 Å². The van der Waals surface area contributed by atoms with Crippen LogP contribution in [-0.2, 0) is 29.5 Å². The van der Waals surface area contributed by atoms with Gasteiger partial charge in [-0.05, 0) is 90.6 Å². The predicted octanol–water partition coefficient (Wildman–Crippen LogP) is 5.15. The van der Waals surface area contributed by atoms with Crippen molar-refractivity contribution >= 4 is 80.6 Å². The number of thiophene rings is 3. The Labute approximate surface area is 415 Å². The van der Waals surface area contributed by atoms with Crippen LogP contribution in [0.3, 0.4) is 0 Å². The number of rotatable bonds is 12. The fourth-order valence-corrected chi connectivity index (χ4v) is 15.1. The Morgan fingerprint density at radius 2 is 0.629 bits per heavy atom. The average Bonchev–Trinajstić information content (AvgIpc) is 4.06. The molecular weight excluding hydrogens is 1020 g/mol. The number of anilines is 3. The van der Waals surface area contributed by atoms with Crippen molar-refractivity contribution in [2.75, 3.05) is 81.6 Å². The molecule has 3 aliphatic heterocycles. The molecule has 3 aromatic heterocycles. The van der Waals surface area contributed by atoms with Crippen LogP contribution < -0.4 is 33.3 Å². The number of hydrogen-bond donors (Lipinski definition) is 3. The fourth-order valence-electron chi connectivity index (χ4n) is 7.19. The molecule has 6 aromatic rings. The van der Waals surface area contributed by atoms with Crippen molar-refractivity contribution in [3.8, 4) is 70.0 Å². The molecule has 0 unspecified atom stereocenters. The highest BCUT2D eigenvalue weighted by molar-refractivity contribution is 7.94. The lowest BCUT2D eigenvalue weighted by Gasteiger charge is -2.25. The molecule has 0 aliphatic carbocycles. The van der Waals surface area contributed by atoms with Gasteiger partial charge in [-0.1, -0.05) is 17.8 Å². The van der Waals surface area contributed by atoms with Gasteiger partial charge in [0.2, 0.25) is 0 Å². The van der Waals surface area contributed by atoms with E-state index in [1.165, 1.54) is 0 Å². The second-order valence-electron chi connectivity index (χ2n) is 15.1. The van der Waals surface area contributed by atoms with Gasteiger partial charge in [0.25, 0.3) is 0 Å². The molecule has 9 rings (SSSR count). The van der Waals surface area contributed by atoms with Gasteiger partial charge in [0, 0.05) is 33.8 Å². The molecule has 0 bridgehead atoms. The maximum atomic E-state index is 12.9. The van der Waals surface area contributed by atoms with E-state index < -0.39 is 66.6 Å². The lowest BCUT2D eigenvalue weighted by atomic mass is 10.1. The third kappa shape index (κ3) is 10.2. The highest BCUT2D eigenvalue weighted by Crippen LogP contribution is 2.49. The van der Waals surface area contributed by atoms with Crippen molar-refractivity contribution in [2.45, 2.75) is 12.6 Å². The minimum absolute atomic E-state index is 0.0405. The number of fused-ring (bicyclic) bond motifs is 3. The minimum atomic E-state index is -3.84. The van der Waals surface area contributed by atoms with E-state index in [0.29, 0.717) is 31.3 Å². The first-order chi connectivity index (χ1) is 33.8. The lowest BCUT2D eigenvalue weighted by molar-refractivity contribution is 0.169. The summed E-state index contributed by atoms with van der Waals surface area (Å²) in [7, 11) is -11.5. The van der Waals surface area contributed by atoms with Gasteiger partial charge in [-0.25, -0.2) is 25.3 Å². The van der Waals surface area contributed by atoms with E-state index in [1.807, 2.05) is 77.7 Å². The molecule has 362 valence electrons. The summed E-state index contributed by atoms with van der Waals surface area (Å²) in [6.07, 6.45) is 0. The van der Waals surface area contributed by atoms with Crippen LogP contribution >= 0.6 is 34.0 Å². The molecule has 16 nitrogen and oxygen atoms in total. The summed E-state index contributed by atoms with van der Waals surface area (Å²) in [5.74, 6) is 18.1. The van der Waals surface area contributed by atoms with Gasteiger partial charge in [0.15, 0.2) is 76.6 Å². The smallest absolute Gasteiger partial charge is 0.193 e. The van der Waals surface area contributed by atoms with Crippen molar-refractivity contribution in [3.05, 3.63) is 104 Å². The molecule has 3 aromatic carbocycles. The maximum absolute atomic E-state index is 12.9. The summed E-state index contributed by atoms with van der Waals surface area (Å²) in [5, 5.41) is 28.1. The van der Waals surface area contributed by atoms with E-state index in [1.54, 1.807) is 0 Å². The van der Waals surface area contributed by atoms with Gasteiger partial charge < -0.3 is 48.6 Å². The van der Waals surface area contributed by atoms with E-state index in [4.69, 9.17) is 28.4 Å². The van der Waals surface area contributed by atoms with Crippen LogP contribution in [0.4, 0.5) is 17.1 Å². The summed E-state index contributed by atoms with van der Waals surface area (Å²) in [5.41, 5.74) is 4.08. The Kier molecular flexibility index (Phi) is 14.4. The monoisotopic (exact) mass is 1060 g/mol. The molecule has 0 saturated heterocycles. The normalized spacial score (nSPS) is 13.8. The number of nitrogens with zero attached hydrogens (tertiary/aromatic N) is 1. The Hall–Kier alpha value is -6.23. The van der Waals surface area contributed by atoms with Gasteiger partial charge in [-0.15, -0.1) is 34.0 Å². The Morgan fingerprint density at radius 1 is 0.386 bits per heavy atom. The van der Waals surface area contributed by atoms with Crippen molar-refractivity contribution in [3.63, 3.8) is 0 Å². The molecular formula is C48H39NO15S6. The van der Waals surface area contributed by atoms with Crippen molar-refractivity contribution in [1.29, 1.82) is 0 Å². The number of sulfone groups is 3. The average molecular weight is 1060 g/mol. The molecule has 6 heterocycles. The van der Waals surface area contributed by atoms with Crippen LogP contribution in [0.15, 0.2) is 85.4 Å². The minimum Gasteiger partial charge on any atom is -0.484 e. The maximum Gasteiger partial charge on any atom is 0.193 e. The second-order valence-corrected chi connectivity index (χ2v) is 25.1. The standard InChI is InChI=1S/C48H39NO15S6/c50-19-28-68(53,54)46-43-40(59-22-25-62-43)37(65-46)16-7-31-1-10-34(11-2-31)49(35-12-3-32(4-13-35)8-17-38-41-44(63-26-23-60-41)47(66-38)69(55,56)29-20-51)36-14-5-33(6-15-36)9-18-39-42-45(64-27-24-61-42)48(67-39)70(57,58)30-21-52/h1-6,10-15,50-52H,19-30H2. The van der Waals surface area contributed by atoms with Crippen molar-refractivity contribution < 1.29 is 69.0 Å². The number of aliphatic hydroxyl groups is 3. The van der Waals surface area contributed by atoms with E-state index in [2.05, 4.69) is 35.5 Å². The number of benzene rings is 3. The van der Waals surface area contributed by atoms with Gasteiger partial charge in [0.05, 0.1) is 37.1 Å². The second kappa shape index (κ2) is 20.6. The van der Waals surface area contributed by atoms with Gasteiger partial charge in [-0.3, -0.25) is 0 Å². The van der Waals surface area contributed by atoms with E-state index in [0.717, 1.165) is 51.1 Å². The van der Waals surface area contributed by atoms with E-state index in [-0.39, 0.29) is 86.8 Å². The molecule has 0 fully saturated rings. The van der Waals surface area contributed by atoms with Gasteiger partial charge in [0.1, 0.15) is 54.3 Å². The molecule has 3 aliphatic rings. The Bertz CT molecular complexity index is 3120. The molecule has 0 radical (unpaired) electrons.